The summed E-state index contributed by atoms with van der Waals surface area (Å²) in [6.07, 6.45) is 4.40. The van der Waals surface area contributed by atoms with Gasteiger partial charge >= 0.3 is 0 Å². The van der Waals surface area contributed by atoms with Gasteiger partial charge in [-0.15, -0.1) is 11.3 Å². The predicted molar refractivity (Wildman–Crippen MR) is 108 cm³/mol. The summed E-state index contributed by atoms with van der Waals surface area (Å²) in [5.74, 6) is 0. The van der Waals surface area contributed by atoms with Crippen LogP contribution in [0.3, 0.4) is 0 Å². The maximum absolute atomic E-state index is 10.4. The van der Waals surface area contributed by atoms with Crippen molar-refractivity contribution in [2.75, 3.05) is 0 Å². The van der Waals surface area contributed by atoms with E-state index in [0.29, 0.717) is 6.42 Å². The van der Waals surface area contributed by atoms with E-state index in [1.807, 2.05) is 25.3 Å². The van der Waals surface area contributed by atoms with Crippen LogP contribution >= 0.6 is 11.3 Å². The first kappa shape index (κ1) is 18.8. The first-order valence-corrected chi connectivity index (χ1v) is 12.2. The average molecular weight is 358 g/mol. The minimum atomic E-state index is -1.64. The van der Waals surface area contributed by atoms with Gasteiger partial charge in [0.15, 0.2) is 0 Å². The van der Waals surface area contributed by atoms with Gasteiger partial charge in [0.1, 0.15) is 8.07 Å². The second-order valence-electron chi connectivity index (χ2n) is 6.81. The Kier molecular flexibility index (Phi) is 6.32. The summed E-state index contributed by atoms with van der Waals surface area (Å²) in [6, 6.07) is 10.7. The van der Waals surface area contributed by atoms with Gasteiger partial charge in [-0.3, -0.25) is 0 Å². The maximum Gasteiger partial charge on any atom is 0.106 e. The topological polar surface area (TPSA) is 33.1 Å². The average Bonchev–Trinajstić information content (AvgIpc) is 2.97. The molecule has 0 saturated carbocycles. The highest BCUT2D eigenvalue weighted by Crippen LogP contribution is 2.19. The molecular formula is C20H27NOSSi. The molecule has 2 nitrogen and oxygen atoms in total. The minimum Gasteiger partial charge on any atom is -0.388 e. The zero-order valence-electron chi connectivity index (χ0n) is 15.2. The smallest absolute Gasteiger partial charge is 0.106 e. The number of allylic oxidation sites excluding steroid dienone is 1. The quantitative estimate of drug-likeness (QED) is 0.760. The fraction of sp³-hybridized carbons (Fsp3) is 0.350. The Morgan fingerprint density at radius 1 is 1.25 bits per heavy atom. The van der Waals surface area contributed by atoms with E-state index in [-0.39, 0.29) is 0 Å². The Labute approximate surface area is 150 Å². The van der Waals surface area contributed by atoms with Crippen LogP contribution in [0.15, 0.2) is 52.6 Å². The number of aliphatic hydroxyl groups excluding tert-OH is 1. The van der Waals surface area contributed by atoms with Gasteiger partial charge in [0.2, 0.25) is 0 Å². The second-order valence-corrected chi connectivity index (χ2v) is 12.5. The van der Waals surface area contributed by atoms with E-state index in [0.717, 1.165) is 16.3 Å². The largest absolute Gasteiger partial charge is 0.388 e. The molecule has 1 unspecified atom stereocenters. The molecule has 0 amide bonds. The molecule has 24 heavy (non-hydrogen) atoms. The van der Waals surface area contributed by atoms with Gasteiger partial charge in [0, 0.05) is 5.38 Å². The molecule has 0 bridgehead atoms. The molecule has 0 aliphatic heterocycles. The predicted octanol–water partition coefficient (Wildman–Crippen LogP) is 4.71. The van der Waals surface area contributed by atoms with Gasteiger partial charge in [-0.05, 0) is 38.8 Å². The third-order valence-electron chi connectivity index (χ3n) is 4.67. The van der Waals surface area contributed by atoms with Crippen LogP contribution in [-0.4, -0.2) is 24.3 Å². The number of aryl methyl sites for hydroxylation is 1. The molecule has 1 N–H and O–H groups in total. The van der Waals surface area contributed by atoms with Crippen molar-refractivity contribution in [3.8, 4) is 0 Å². The molecule has 4 heteroatoms. The molecule has 1 aromatic heterocycles. The molecule has 1 aromatic carbocycles. The molecule has 1 atom stereocenters. The molecule has 0 saturated heterocycles. The SMILES string of the molecule is C/C(=C/CC(O)/C(C)=C/c1csc(C)n1)[Si](C)(C)c1ccccc1. The molecule has 0 aliphatic carbocycles. The van der Waals surface area contributed by atoms with Crippen molar-refractivity contribution < 1.29 is 5.11 Å². The molecular weight excluding hydrogens is 330 g/mol. The van der Waals surface area contributed by atoms with E-state index in [4.69, 9.17) is 0 Å². The summed E-state index contributed by atoms with van der Waals surface area (Å²) in [5.41, 5.74) is 1.90. The fourth-order valence-electron chi connectivity index (χ4n) is 2.59. The number of nitrogens with zero attached hydrogens (tertiary/aromatic N) is 1. The van der Waals surface area contributed by atoms with Crippen LogP contribution in [0.2, 0.25) is 13.1 Å². The van der Waals surface area contributed by atoms with Crippen LogP contribution in [0.4, 0.5) is 0 Å². The molecule has 128 valence electrons. The van der Waals surface area contributed by atoms with Crippen molar-refractivity contribution in [3.05, 3.63) is 63.3 Å². The highest BCUT2D eigenvalue weighted by Gasteiger charge is 2.25. The standard InChI is InChI=1S/C20H27NOSSi/c1-15(13-18-14-23-17(3)21-18)20(22)12-11-16(2)24(4,5)19-9-7-6-8-10-19/h6-11,13-14,20,22H,12H2,1-5H3/b15-13+,16-11-. The highest BCUT2D eigenvalue weighted by molar-refractivity contribution is 7.09. The van der Waals surface area contributed by atoms with E-state index < -0.39 is 14.2 Å². The van der Waals surface area contributed by atoms with Crippen LogP contribution in [0.5, 0.6) is 0 Å². The minimum absolute atomic E-state index is 0.456. The summed E-state index contributed by atoms with van der Waals surface area (Å²) >= 11 is 1.63. The van der Waals surface area contributed by atoms with Gasteiger partial charge in [0.25, 0.3) is 0 Å². The van der Waals surface area contributed by atoms with Crippen LogP contribution in [0.1, 0.15) is 31.0 Å². The number of hydrogen-bond acceptors (Lipinski definition) is 3. The summed E-state index contributed by atoms with van der Waals surface area (Å²) < 4.78 is 0. The van der Waals surface area contributed by atoms with Crippen LogP contribution in [0, 0.1) is 6.92 Å². The Morgan fingerprint density at radius 2 is 1.92 bits per heavy atom. The highest BCUT2D eigenvalue weighted by atomic mass is 32.1. The van der Waals surface area contributed by atoms with Crippen LogP contribution in [0.25, 0.3) is 6.08 Å². The van der Waals surface area contributed by atoms with Crippen LogP contribution in [-0.2, 0) is 0 Å². The molecule has 2 aromatic rings. The van der Waals surface area contributed by atoms with Gasteiger partial charge in [-0.1, -0.05) is 59.9 Å². The van der Waals surface area contributed by atoms with Crippen molar-refractivity contribution in [3.63, 3.8) is 0 Å². The normalized spacial score (nSPS) is 14.8. The molecule has 0 aliphatic rings. The van der Waals surface area contributed by atoms with Gasteiger partial charge in [0.05, 0.1) is 16.8 Å². The number of aliphatic hydroxyl groups is 1. The van der Waals surface area contributed by atoms with E-state index in [1.165, 1.54) is 10.4 Å². The van der Waals surface area contributed by atoms with Gasteiger partial charge in [-0.2, -0.15) is 0 Å². The Bertz CT molecular complexity index is 731. The molecule has 2 rings (SSSR count). The fourth-order valence-corrected chi connectivity index (χ4v) is 5.27. The van der Waals surface area contributed by atoms with E-state index in [2.05, 4.69) is 61.4 Å². The van der Waals surface area contributed by atoms with Crippen molar-refractivity contribution in [2.45, 2.75) is 46.4 Å². The lowest BCUT2D eigenvalue weighted by molar-refractivity contribution is 0.215. The summed E-state index contributed by atoms with van der Waals surface area (Å²) in [4.78, 5) is 4.43. The molecule has 1 heterocycles. The molecule has 0 radical (unpaired) electrons. The second kappa shape index (κ2) is 8.06. The number of aromatic nitrogens is 1. The maximum atomic E-state index is 10.4. The van der Waals surface area contributed by atoms with Gasteiger partial charge in [-0.25, -0.2) is 4.98 Å². The lowest BCUT2D eigenvalue weighted by Gasteiger charge is -2.24. The Morgan fingerprint density at radius 3 is 2.50 bits per heavy atom. The number of thiazole rings is 1. The van der Waals surface area contributed by atoms with Crippen molar-refractivity contribution in [1.82, 2.24) is 4.98 Å². The third-order valence-corrected chi connectivity index (χ3v) is 9.41. The lowest BCUT2D eigenvalue weighted by atomic mass is 10.1. The van der Waals surface area contributed by atoms with Crippen molar-refractivity contribution >= 4 is 30.7 Å². The molecule has 0 fully saturated rings. The lowest BCUT2D eigenvalue weighted by Crippen LogP contribution is -2.42. The first-order chi connectivity index (χ1) is 11.3. The zero-order valence-corrected chi connectivity index (χ0v) is 17.0. The number of rotatable bonds is 6. The van der Waals surface area contributed by atoms with E-state index >= 15 is 0 Å². The number of hydrogen-bond donors (Lipinski definition) is 1. The van der Waals surface area contributed by atoms with Gasteiger partial charge < -0.3 is 5.11 Å². The third kappa shape index (κ3) is 4.76. The van der Waals surface area contributed by atoms with E-state index in [1.54, 1.807) is 11.3 Å². The zero-order chi connectivity index (χ0) is 17.7. The Balaban J connectivity index is 2.07. The monoisotopic (exact) mass is 357 g/mol. The molecule has 0 spiro atoms. The van der Waals surface area contributed by atoms with Crippen molar-refractivity contribution in [1.29, 1.82) is 0 Å². The Hall–Kier alpha value is -1.49. The summed E-state index contributed by atoms with van der Waals surface area (Å²) in [6.45, 7) is 10.9. The van der Waals surface area contributed by atoms with Crippen LogP contribution < -0.4 is 5.19 Å². The van der Waals surface area contributed by atoms with E-state index in [9.17, 15) is 5.11 Å². The number of benzene rings is 1. The van der Waals surface area contributed by atoms with Crippen molar-refractivity contribution in [2.24, 2.45) is 0 Å². The summed E-state index contributed by atoms with van der Waals surface area (Å²) in [7, 11) is -1.64. The summed E-state index contributed by atoms with van der Waals surface area (Å²) in [5, 5.41) is 16.4. The first-order valence-electron chi connectivity index (χ1n) is 8.32.